The van der Waals surface area contributed by atoms with Crippen LogP contribution >= 0.6 is 24.2 Å². The van der Waals surface area contributed by atoms with E-state index in [1.165, 1.54) is 0 Å². The van der Waals surface area contributed by atoms with E-state index in [2.05, 4.69) is 12.6 Å². The Morgan fingerprint density at radius 2 is 2.29 bits per heavy atom. The van der Waals surface area contributed by atoms with Crippen LogP contribution in [0.2, 0.25) is 0 Å². The van der Waals surface area contributed by atoms with E-state index in [1.807, 2.05) is 0 Å². The maximum atomic E-state index is 10.3. The highest BCUT2D eigenvalue weighted by Gasteiger charge is 1.93. The molecule has 0 aliphatic heterocycles. The number of halogens is 1. The minimum absolute atomic E-state index is 0.110. The van der Waals surface area contributed by atoms with E-state index < -0.39 is 0 Å². The summed E-state index contributed by atoms with van der Waals surface area (Å²) in [6.07, 6.45) is 0.449. The van der Waals surface area contributed by atoms with Gasteiger partial charge in [-0.3, -0.25) is 4.79 Å². The molecule has 0 radical (unpaired) electrons. The molecule has 0 N–H and O–H groups in total. The van der Waals surface area contributed by atoms with E-state index in [0.29, 0.717) is 18.1 Å². The van der Waals surface area contributed by atoms with Gasteiger partial charge in [0.15, 0.2) is 0 Å². The number of carbonyl (C=O) groups is 1. The Hall–Kier alpha value is 0.310. The molecule has 0 unspecified atom stereocenters. The van der Waals surface area contributed by atoms with E-state index in [9.17, 15) is 4.79 Å². The van der Waals surface area contributed by atoms with E-state index in [1.54, 1.807) is 0 Å². The minimum Gasteiger partial charge on any atom is -0.299 e. The Morgan fingerprint density at radius 1 is 1.71 bits per heavy atom. The average Bonchev–Trinajstić information content (AvgIpc) is 1.68. The Balaban J connectivity index is 3.00. The molecule has 0 spiro atoms. The molecule has 0 atom stereocenters. The molecule has 42 valence electrons. The van der Waals surface area contributed by atoms with Gasteiger partial charge >= 0.3 is 0 Å². The molecular formula is C4H7ClOS. The summed E-state index contributed by atoms with van der Waals surface area (Å²) in [5.74, 6) is 0.838. The highest BCUT2D eigenvalue weighted by molar-refractivity contribution is 7.81. The Morgan fingerprint density at radius 3 is 2.43 bits per heavy atom. The van der Waals surface area contributed by atoms with Crippen molar-refractivity contribution in [1.29, 1.82) is 0 Å². The summed E-state index contributed by atoms with van der Waals surface area (Å²) in [4.78, 5) is 10.3. The first kappa shape index (κ1) is 7.31. The van der Waals surface area contributed by atoms with Crippen LogP contribution in [-0.4, -0.2) is 17.4 Å². The van der Waals surface area contributed by atoms with Crippen LogP contribution in [0.15, 0.2) is 0 Å². The summed E-state index contributed by atoms with van der Waals surface area (Å²) in [5.41, 5.74) is 0. The van der Waals surface area contributed by atoms with Crippen molar-refractivity contribution in [3.8, 4) is 0 Å². The van der Waals surface area contributed by atoms with Gasteiger partial charge in [-0.15, -0.1) is 11.6 Å². The number of alkyl halides is 1. The molecule has 0 amide bonds. The normalized spacial score (nSPS) is 8.86. The van der Waals surface area contributed by atoms with Crippen LogP contribution in [0.5, 0.6) is 0 Å². The first-order valence-corrected chi connectivity index (χ1v) is 3.16. The van der Waals surface area contributed by atoms with Crippen molar-refractivity contribution in [3.05, 3.63) is 0 Å². The molecule has 0 aromatic heterocycles. The Labute approximate surface area is 53.5 Å². The summed E-state index contributed by atoms with van der Waals surface area (Å²) in [5, 5.41) is 0. The molecule has 0 aliphatic carbocycles. The van der Waals surface area contributed by atoms with Gasteiger partial charge in [-0.1, -0.05) is 0 Å². The predicted molar refractivity (Wildman–Crippen MR) is 34.2 cm³/mol. The number of hydrogen-bond acceptors (Lipinski definition) is 2. The maximum absolute atomic E-state index is 10.3. The van der Waals surface area contributed by atoms with Crippen molar-refractivity contribution in [3.63, 3.8) is 0 Å². The molecule has 0 heterocycles. The Kier molecular flexibility index (Phi) is 4.67. The van der Waals surface area contributed by atoms with Crippen molar-refractivity contribution in [2.24, 2.45) is 0 Å². The third kappa shape index (κ3) is 4.16. The van der Waals surface area contributed by atoms with Crippen LogP contribution in [-0.2, 0) is 4.79 Å². The smallest absolute Gasteiger partial charge is 0.143 e. The second-order valence-corrected chi connectivity index (χ2v) is 1.83. The van der Waals surface area contributed by atoms with Gasteiger partial charge in [0.2, 0.25) is 0 Å². The lowest BCUT2D eigenvalue weighted by Crippen LogP contribution is -1.98. The van der Waals surface area contributed by atoms with E-state index in [4.69, 9.17) is 11.6 Å². The predicted octanol–water partition coefficient (Wildman–Crippen LogP) is 1.11. The van der Waals surface area contributed by atoms with Gasteiger partial charge in [-0.2, -0.15) is 12.6 Å². The lowest BCUT2D eigenvalue weighted by atomic mass is 10.3. The number of thiol groups is 1. The molecular weight excluding hydrogens is 132 g/mol. The lowest BCUT2D eigenvalue weighted by Gasteiger charge is -1.85. The fourth-order valence-corrected chi connectivity index (χ4v) is 0.553. The third-order valence-electron chi connectivity index (χ3n) is 0.550. The average molecular weight is 139 g/mol. The highest BCUT2D eigenvalue weighted by Crippen LogP contribution is 1.87. The van der Waals surface area contributed by atoms with Crippen molar-refractivity contribution in [1.82, 2.24) is 0 Å². The summed E-state index contributed by atoms with van der Waals surface area (Å²) in [7, 11) is 0. The summed E-state index contributed by atoms with van der Waals surface area (Å²) in [6, 6.07) is 0. The number of rotatable bonds is 3. The molecule has 7 heavy (non-hydrogen) atoms. The molecule has 0 saturated heterocycles. The van der Waals surface area contributed by atoms with E-state index in [0.717, 1.165) is 0 Å². The monoisotopic (exact) mass is 138 g/mol. The molecule has 3 heteroatoms. The first-order chi connectivity index (χ1) is 3.31. The summed E-state index contributed by atoms with van der Waals surface area (Å²) < 4.78 is 0. The van der Waals surface area contributed by atoms with Crippen LogP contribution in [0.4, 0.5) is 0 Å². The topological polar surface area (TPSA) is 17.1 Å². The maximum Gasteiger partial charge on any atom is 0.143 e. The molecule has 0 rings (SSSR count). The summed E-state index contributed by atoms with van der Waals surface area (Å²) >= 11 is 8.96. The molecule has 0 aliphatic rings. The van der Waals surface area contributed by atoms with Crippen LogP contribution < -0.4 is 0 Å². The second-order valence-electron chi connectivity index (χ2n) is 1.14. The zero-order chi connectivity index (χ0) is 5.70. The van der Waals surface area contributed by atoms with Gasteiger partial charge in [0.25, 0.3) is 0 Å². The lowest BCUT2D eigenvalue weighted by molar-refractivity contribution is -0.116. The molecule has 0 bridgehead atoms. The van der Waals surface area contributed by atoms with Crippen molar-refractivity contribution < 1.29 is 4.79 Å². The summed E-state index contributed by atoms with van der Waals surface area (Å²) in [6.45, 7) is 0. The fourth-order valence-electron chi connectivity index (χ4n) is 0.184. The minimum atomic E-state index is 0.110. The van der Waals surface area contributed by atoms with Gasteiger partial charge in [0, 0.05) is 18.1 Å². The van der Waals surface area contributed by atoms with E-state index >= 15 is 0 Å². The van der Waals surface area contributed by atoms with Crippen molar-refractivity contribution in [2.75, 3.05) is 11.6 Å². The quantitative estimate of drug-likeness (QED) is 0.457. The zero-order valence-electron chi connectivity index (χ0n) is 3.85. The molecule has 0 saturated carbocycles. The number of hydrogen-bond donors (Lipinski definition) is 1. The molecule has 0 aromatic carbocycles. The second kappa shape index (κ2) is 4.47. The van der Waals surface area contributed by atoms with Gasteiger partial charge < -0.3 is 0 Å². The standard InChI is InChI=1S/C4H7ClOS/c5-2-1-4(6)3-7/h7H,1-3H2. The zero-order valence-corrected chi connectivity index (χ0v) is 5.51. The number of ketones is 1. The van der Waals surface area contributed by atoms with Crippen LogP contribution in [0, 0.1) is 0 Å². The van der Waals surface area contributed by atoms with Gasteiger partial charge in [0.1, 0.15) is 5.78 Å². The third-order valence-corrected chi connectivity index (χ3v) is 1.09. The van der Waals surface area contributed by atoms with Gasteiger partial charge in [-0.25, -0.2) is 0 Å². The molecule has 0 fully saturated rings. The van der Waals surface area contributed by atoms with Crippen LogP contribution in [0.1, 0.15) is 6.42 Å². The Bertz CT molecular complexity index is 64.7. The first-order valence-electron chi connectivity index (χ1n) is 1.99. The van der Waals surface area contributed by atoms with Crippen molar-refractivity contribution in [2.45, 2.75) is 6.42 Å². The number of Topliss-reactive ketones (excluding diaryl/α,β-unsaturated/α-hetero) is 1. The van der Waals surface area contributed by atoms with Crippen LogP contribution in [0.25, 0.3) is 0 Å². The van der Waals surface area contributed by atoms with E-state index in [-0.39, 0.29) is 5.78 Å². The van der Waals surface area contributed by atoms with Gasteiger partial charge in [0.05, 0.1) is 0 Å². The SMILES string of the molecule is O=C(CS)CCCl. The molecule has 0 aromatic rings. The van der Waals surface area contributed by atoms with Gasteiger partial charge in [-0.05, 0) is 0 Å². The number of carbonyl (C=O) groups excluding carboxylic acids is 1. The van der Waals surface area contributed by atoms with Crippen molar-refractivity contribution >= 4 is 30.0 Å². The molecule has 1 nitrogen and oxygen atoms in total. The largest absolute Gasteiger partial charge is 0.299 e. The fraction of sp³-hybridized carbons (Fsp3) is 0.750. The van der Waals surface area contributed by atoms with Crippen LogP contribution in [0.3, 0.4) is 0 Å². The highest BCUT2D eigenvalue weighted by atomic mass is 35.5.